The number of rotatable bonds is 2. The Hall–Kier alpha value is -1.36. The molecule has 2 aliphatic heterocycles. The summed E-state index contributed by atoms with van der Waals surface area (Å²) in [6.45, 7) is 1.36. The molecule has 5 heteroatoms. The van der Waals surface area contributed by atoms with Crippen molar-refractivity contribution in [3.8, 4) is 0 Å². The van der Waals surface area contributed by atoms with E-state index in [2.05, 4.69) is 4.98 Å². The number of carbonyl (C=O) groups is 1. The Morgan fingerprint density at radius 3 is 3.12 bits per heavy atom. The van der Waals surface area contributed by atoms with Crippen LogP contribution in [0.25, 0.3) is 0 Å². The molecule has 1 fully saturated rings. The second kappa shape index (κ2) is 4.14. The maximum absolute atomic E-state index is 11.0. The van der Waals surface area contributed by atoms with Crippen LogP contribution in [0.3, 0.4) is 0 Å². The summed E-state index contributed by atoms with van der Waals surface area (Å²) in [5, 5.41) is 9.02. The van der Waals surface area contributed by atoms with Crippen molar-refractivity contribution in [3.05, 3.63) is 17.7 Å². The minimum Gasteiger partial charge on any atom is -0.481 e. The van der Waals surface area contributed by atoms with Crippen LogP contribution in [0.1, 0.15) is 36.9 Å². The van der Waals surface area contributed by atoms with Crippen LogP contribution in [0.2, 0.25) is 0 Å². The van der Waals surface area contributed by atoms with Gasteiger partial charge in [0.25, 0.3) is 0 Å². The van der Waals surface area contributed by atoms with E-state index in [4.69, 9.17) is 9.84 Å². The highest BCUT2D eigenvalue weighted by atomic mass is 16.5. The van der Waals surface area contributed by atoms with Crippen LogP contribution in [0.15, 0.2) is 6.20 Å². The zero-order valence-electron chi connectivity index (χ0n) is 9.63. The Bertz CT molecular complexity index is 435. The number of aryl methyl sites for hydroxylation is 1. The topological polar surface area (TPSA) is 64.3 Å². The normalized spacial score (nSPS) is 28.0. The highest BCUT2D eigenvalue weighted by Crippen LogP contribution is 2.29. The molecule has 5 nitrogen and oxygen atoms in total. The van der Waals surface area contributed by atoms with Crippen molar-refractivity contribution < 1.29 is 14.6 Å². The Labute approximate surface area is 99.4 Å². The monoisotopic (exact) mass is 236 g/mol. The summed E-state index contributed by atoms with van der Waals surface area (Å²) in [4.78, 5) is 15.5. The van der Waals surface area contributed by atoms with Crippen LogP contribution in [-0.2, 0) is 22.5 Å². The molecule has 0 aliphatic carbocycles. The van der Waals surface area contributed by atoms with Gasteiger partial charge in [-0.3, -0.25) is 4.79 Å². The molecule has 2 unspecified atom stereocenters. The van der Waals surface area contributed by atoms with Gasteiger partial charge in [-0.15, -0.1) is 0 Å². The van der Waals surface area contributed by atoms with E-state index in [9.17, 15) is 4.79 Å². The molecule has 2 atom stereocenters. The number of aliphatic carboxylic acids is 1. The summed E-state index contributed by atoms with van der Waals surface area (Å²) in [7, 11) is 0. The van der Waals surface area contributed by atoms with Crippen molar-refractivity contribution in [2.75, 3.05) is 6.61 Å². The van der Waals surface area contributed by atoms with Crippen molar-refractivity contribution in [1.82, 2.24) is 9.55 Å². The molecule has 0 radical (unpaired) electrons. The zero-order valence-corrected chi connectivity index (χ0v) is 9.63. The summed E-state index contributed by atoms with van der Waals surface area (Å²) in [6.07, 6.45) is 5.65. The first-order valence-corrected chi connectivity index (χ1v) is 6.14. The first-order chi connectivity index (χ1) is 8.24. The largest absolute Gasteiger partial charge is 0.481 e. The fourth-order valence-corrected chi connectivity index (χ4v) is 2.63. The van der Waals surface area contributed by atoms with Crippen LogP contribution >= 0.6 is 0 Å². The van der Waals surface area contributed by atoms with Gasteiger partial charge in [-0.25, -0.2) is 4.98 Å². The van der Waals surface area contributed by atoms with Gasteiger partial charge in [-0.05, 0) is 19.3 Å². The molecule has 0 spiro atoms. The molecule has 2 aliphatic rings. The average Bonchev–Trinajstić information content (AvgIpc) is 2.96. The van der Waals surface area contributed by atoms with Crippen LogP contribution in [0.5, 0.6) is 0 Å². The smallest absolute Gasteiger partial charge is 0.308 e. The third kappa shape index (κ3) is 1.95. The van der Waals surface area contributed by atoms with E-state index in [1.165, 1.54) is 0 Å². The Morgan fingerprint density at radius 2 is 2.41 bits per heavy atom. The number of ether oxygens (including phenoxy) is 1. The van der Waals surface area contributed by atoms with Gasteiger partial charge in [0.15, 0.2) is 0 Å². The van der Waals surface area contributed by atoms with Crippen molar-refractivity contribution in [1.29, 1.82) is 0 Å². The maximum Gasteiger partial charge on any atom is 0.308 e. The van der Waals surface area contributed by atoms with Crippen molar-refractivity contribution in [3.63, 3.8) is 0 Å². The summed E-state index contributed by atoms with van der Waals surface area (Å²) in [5.41, 5.74) is 0.975. The number of hydrogen-bond acceptors (Lipinski definition) is 3. The van der Waals surface area contributed by atoms with E-state index in [1.807, 2.05) is 10.8 Å². The zero-order chi connectivity index (χ0) is 11.8. The molecule has 1 aromatic heterocycles. The third-order valence-electron chi connectivity index (χ3n) is 3.62. The molecule has 3 rings (SSSR count). The van der Waals surface area contributed by atoms with E-state index in [1.54, 1.807) is 0 Å². The van der Waals surface area contributed by atoms with E-state index >= 15 is 0 Å². The lowest BCUT2D eigenvalue weighted by molar-refractivity contribution is -0.142. The molecule has 0 saturated carbocycles. The molecule has 0 amide bonds. The number of hydrogen-bond donors (Lipinski definition) is 1. The number of nitrogens with zero attached hydrogens (tertiary/aromatic N) is 2. The second-order valence-electron chi connectivity index (χ2n) is 4.81. The molecule has 0 aromatic carbocycles. The number of imidazole rings is 1. The lowest BCUT2D eigenvalue weighted by atomic mass is 10.00. The van der Waals surface area contributed by atoms with Crippen molar-refractivity contribution in [2.24, 2.45) is 5.92 Å². The highest BCUT2D eigenvalue weighted by molar-refractivity contribution is 5.70. The fraction of sp³-hybridized carbons (Fsp3) is 0.667. The number of aromatic nitrogens is 2. The van der Waals surface area contributed by atoms with E-state index in [-0.39, 0.29) is 12.0 Å². The number of carboxylic acid groups (broad SMARTS) is 1. The minimum absolute atomic E-state index is 0.122. The van der Waals surface area contributed by atoms with Gasteiger partial charge in [0.05, 0.1) is 11.6 Å². The maximum atomic E-state index is 11.0. The molecule has 17 heavy (non-hydrogen) atoms. The van der Waals surface area contributed by atoms with Gasteiger partial charge in [-0.1, -0.05) is 0 Å². The van der Waals surface area contributed by atoms with Gasteiger partial charge in [0.1, 0.15) is 11.9 Å². The van der Waals surface area contributed by atoms with E-state index < -0.39 is 5.97 Å². The number of carboxylic acids is 1. The van der Waals surface area contributed by atoms with Gasteiger partial charge >= 0.3 is 5.97 Å². The average molecular weight is 236 g/mol. The lowest BCUT2D eigenvalue weighted by Gasteiger charge is -2.19. The molecule has 0 bridgehead atoms. The van der Waals surface area contributed by atoms with Crippen LogP contribution < -0.4 is 0 Å². The number of fused-ring (bicyclic) bond motifs is 1. The van der Waals surface area contributed by atoms with E-state index in [0.717, 1.165) is 37.4 Å². The fourth-order valence-electron chi connectivity index (χ4n) is 2.63. The Kier molecular flexibility index (Phi) is 2.63. The summed E-state index contributed by atoms with van der Waals surface area (Å²) < 4.78 is 7.58. The van der Waals surface area contributed by atoms with Crippen molar-refractivity contribution in [2.45, 2.75) is 38.3 Å². The lowest BCUT2D eigenvalue weighted by Crippen LogP contribution is -2.26. The quantitative estimate of drug-likeness (QED) is 0.842. The molecule has 1 saturated heterocycles. The molecule has 1 N–H and O–H groups in total. The van der Waals surface area contributed by atoms with Crippen LogP contribution in [-0.4, -0.2) is 27.2 Å². The van der Waals surface area contributed by atoms with Crippen LogP contribution in [0.4, 0.5) is 0 Å². The Balaban J connectivity index is 1.81. The van der Waals surface area contributed by atoms with Crippen LogP contribution in [0, 0.1) is 5.92 Å². The SMILES string of the molecule is O=C(O)C1CCc2nc(C3CCCO3)cn2C1. The third-order valence-corrected chi connectivity index (χ3v) is 3.62. The molecule has 1 aromatic rings. The molecular formula is C12H16N2O3. The van der Waals surface area contributed by atoms with Gasteiger partial charge < -0.3 is 14.4 Å². The van der Waals surface area contributed by atoms with Crippen molar-refractivity contribution >= 4 is 5.97 Å². The summed E-state index contributed by atoms with van der Waals surface area (Å²) in [5.74, 6) is 0.0325. The molecule has 92 valence electrons. The van der Waals surface area contributed by atoms with Gasteiger partial charge in [0.2, 0.25) is 0 Å². The summed E-state index contributed by atoms with van der Waals surface area (Å²) >= 11 is 0. The van der Waals surface area contributed by atoms with Gasteiger partial charge in [-0.2, -0.15) is 0 Å². The standard InChI is InChI=1S/C12H16N2O3/c15-12(16)8-3-4-11-13-9(7-14(11)6-8)10-2-1-5-17-10/h7-8,10H,1-6H2,(H,15,16). The molecule has 3 heterocycles. The van der Waals surface area contributed by atoms with E-state index in [0.29, 0.717) is 13.0 Å². The second-order valence-corrected chi connectivity index (χ2v) is 4.81. The predicted molar refractivity (Wildman–Crippen MR) is 59.6 cm³/mol. The minimum atomic E-state index is -0.706. The van der Waals surface area contributed by atoms with Gasteiger partial charge in [0, 0.05) is 25.8 Å². The summed E-state index contributed by atoms with van der Waals surface area (Å²) in [6, 6.07) is 0. The Morgan fingerprint density at radius 1 is 1.53 bits per heavy atom. The first kappa shape index (κ1) is 10.8. The highest BCUT2D eigenvalue weighted by Gasteiger charge is 2.28. The molecular weight excluding hydrogens is 220 g/mol. The predicted octanol–water partition coefficient (Wildman–Crippen LogP) is 1.38. The first-order valence-electron chi connectivity index (χ1n) is 6.14.